The van der Waals surface area contributed by atoms with Crippen molar-refractivity contribution >= 4 is 21.8 Å². The molecule has 0 aromatic rings. The summed E-state index contributed by atoms with van der Waals surface area (Å²) in [6.07, 6.45) is 0. The fourth-order valence-electron chi connectivity index (χ4n) is 1.15. The first kappa shape index (κ1) is 12.2. The first-order valence-electron chi connectivity index (χ1n) is 4.47. The Hall–Kier alpha value is 0.120. The predicted octanol–water partition coefficient (Wildman–Crippen LogP) is -0.220. The molecule has 0 saturated carbocycles. The lowest BCUT2D eigenvalue weighted by atomic mass is 10.4. The van der Waals surface area contributed by atoms with Crippen molar-refractivity contribution < 1.29 is 13.2 Å². The monoisotopic (exact) mass is 242 g/mol. The average Bonchev–Trinajstić information content (AvgIpc) is 2.18. The van der Waals surface area contributed by atoms with Gasteiger partial charge in [0.15, 0.2) is 0 Å². The summed E-state index contributed by atoms with van der Waals surface area (Å²) in [7, 11) is -3.38. The lowest BCUT2D eigenvalue weighted by Gasteiger charge is -2.27. The molecule has 0 aliphatic carbocycles. The molecule has 0 bridgehead atoms. The van der Waals surface area contributed by atoms with Crippen molar-refractivity contribution in [2.45, 2.75) is 13.0 Å². The van der Waals surface area contributed by atoms with Crippen LogP contribution in [0.25, 0.3) is 0 Å². The van der Waals surface area contributed by atoms with Crippen LogP contribution in [-0.4, -0.2) is 50.9 Å². The van der Waals surface area contributed by atoms with Crippen molar-refractivity contribution in [3.63, 3.8) is 0 Å². The van der Waals surface area contributed by atoms with Crippen molar-refractivity contribution in [1.82, 2.24) is 9.03 Å². The number of ether oxygens (including phenoxy) is 1. The summed E-state index contributed by atoms with van der Waals surface area (Å²) in [5.74, 6) is 0.267. The Morgan fingerprint density at radius 1 is 1.50 bits per heavy atom. The quantitative estimate of drug-likeness (QED) is 0.694. The van der Waals surface area contributed by atoms with E-state index in [4.69, 9.17) is 16.3 Å². The number of alkyl halides is 1. The highest BCUT2D eigenvalue weighted by molar-refractivity contribution is 7.87. The number of hydrogen-bond acceptors (Lipinski definition) is 3. The molecule has 0 spiro atoms. The van der Waals surface area contributed by atoms with Crippen molar-refractivity contribution in [3.8, 4) is 0 Å². The zero-order chi connectivity index (χ0) is 10.6. The molecule has 1 heterocycles. The van der Waals surface area contributed by atoms with Gasteiger partial charge >= 0.3 is 0 Å². The molecule has 14 heavy (non-hydrogen) atoms. The lowest BCUT2D eigenvalue weighted by molar-refractivity contribution is 0.0724. The summed E-state index contributed by atoms with van der Waals surface area (Å²) in [5, 5.41) is 0. The van der Waals surface area contributed by atoms with Crippen LogP contribution in [0, 0.1) is 0 Å². The molecule has 1 saturated heterocycles. The second-order valence-corrected chi connectivity index (χ2v) is 5.20. The van der Waals surface area contributed by atoms with Crippen LogP contribution in [0.3, 0.4) is 0 Å². The van der Waals surface area contributed by atoms with E-state index in [1.54, 1.807) is 6.92 Å². The molecule has 1 aliphatic rings. The van der Waals surface area contributed by atoms with Gasteiger partial charge in [0.25, 0.3) is 10.2 Å². The van der Waals surface area contributed by atoms with Crippen LogP contribution in [-0.2, 0) is 14.9 Å². The minimum Gasteiger partial charge on any atom is -0.379 e. The number of hydrogen-bond donors (Lipinski definition) is 1. The predicted molar refractivity (Wildman–Crippen MR) is 54.6 cm³/mol. The van der Waals surface area contributed by atoms with E-state index < -0.39 is 10.2 Å². The van der Waals surface area contributed by atoms with E-state index in [0.29, 0.717) is 26.3 Å². The van der Waals surface area contributed by atoms with Crippen molar-refractivity contribution in [1.29, 1.82) is 0 Å². The van der Waals surface area contributed by atoms with Gasteiger partial charge in [0, 0.05) is 25.0 Å². The molecule has 1 rings (SSSR count). The molecule has 84 valence electrons. The molecule has 1 fully saturated rings. The zero-order valence-corrected chi connectivity index (χ0v) is 9.64. The van der Waals surface area contributed by atoms with Crippen LogP contribution in [0.1, 0.15) is 6.92 Å². The summed E-state index contributed by atoms with van der Waals surface area (Å²) >= 11 is 5.53. The molecule has 1 N–H and O–H groups in total. The fraction of sp³-hybridized carbons (Fsp3) is 1.00. The highest BCUT2D eigenvalue weighted by Crippen LogP contribution is 2.04. The Labute approximate surface area is 89.5 Å². The Bertz CT molecular complexity index is 264. The molecule has 0 radical (unpaired) electrons. The van der Waals surface area contributed by atoms with E-state index in [2.05, 4.69) is 4.72 Å². The third kappa shape index (κ3) is 3.36. The standard InChI is InChI=1S/C7H15ClN2O3S/c1-7(6-8)9-14(11,12)10-2-4-13-5-3-10/h7,9H,2-6H2,1H3. The highest BCUT2D eigenvalue weighted by Gasteiger charge is 2.25. The van der Waals surface area contributed by atoms with E-state index in [0.717, 1.165) is 0 Å². The highest BCUT2D eigenvalue weighted by atomic mass is 35.5. The van der Waals surface area contributed by atoms with Crippen molar-refractivity contribution in [2.75, 3.05) is 32.2 Å². The van der Waals surface area contributed by atoms with Gasteiger partial charge in [0.05, 0.1) is 13.2 Å². The maximum atomic E-state index is 11.7. The van der Waals surface area contributed by atoms with E-state index in [9.17, 15) is 8.42 Å². The molecule has 1 atom stereocenters. The van der Waals surface area contributed by atoms with Crippen LogP contribution >= 0.6 is 11.6 Å². The maximum Gasteiger partial charge on any atom is 0.279 e. The molecule has 7 heteroatoms. The summed E-state index contributed by atoms with van der Waals surface area (Å²) in [4.78, 5) is 0. The van der Waals surface area contributed by atoms with Crippen LogP contribution in [0.15, 0.2) is 0 Å². The maximum absolute atomic E-state index is 11.7. The third-order valence-corrected chi connectivity index (χ3v) is 4.10. The number of halogens is 1. The molecule has 0 aromatic heterocycles. The molecule has 0 aromatic carbocycles. The van der Waals surface area contributed by atoms with Gasteiger partial charge in [-0.05, 0) is 6.92 Å². The third-order valence-electron chi connectivity index (χ3n) is 1.89. The second kappa shape index (κ2) is 5.27. The summed E-state index contributed by atoms with van der Waals surface area (Å²) in [5.41, 5.74) is 0. The van der Waals surface area contributed by atoms with Gasteiger partial charge in [-0.3, -0.25) is 0 Å². The molecule has 1 unspecified atom stereocenters. The van der Waals surface area contributed by atoms with Crippen molar-refractivity contribution in [2.24, 2.45) is 0 Å². The molecular weight excluding hydrogens is 228 g/mol. The normalized spacial score (nSPS) is 22.1. The van der Waals surface area contributed by atoms with Gasteiger partial charge in [0.1, 0.15) is 0 Å². The molecule has 0 amide bonds. The summed E-state index contributed by atoms with van der Waals surface area (Å²) < 4.78 is 32.2. The topological polar surface area (TPSA) is 58.6 Å². The summed E-state index contributed by atoms with van der Waals surface area (Å²) in [6, 6.07) is -0.246. The van der Waals surface area contributed by atoms with Gasteiger partial charge in [-0.25, -0.2) is 0 Å². The molecular formula is C7H15ClN2O3S. The van der Waals surface area contributed by atoms with Crippen LogP contribution in [0.5, 0.6) is 0 Å². The van der Waals surface area contributed by atoms with Gasteiger partial charge in [-0.1, -0.05) is 0 Å². The number of nitrogens with zero attached hydrogens (tertiary/aromatic N) is 1. The van der Waals surface area contributed by atoms with Crippen LogP contribution < -0.4 is 4.72 Å². The van der Waals surface area contributed by atoms with E-state index >= 15 is 0 Å². The number of nitrogens with one attached hydrogen (secondary N) is 1. The zero-order valence-electron chi connectivity index (χ0n) is 8.07. The number of rotatable bonds is 4. The molecule has 5 nitrogen and oxygen atoms in total. The van der Waals surface area contributed by atoms with Crippen molar-refractivity contribution in [3.05, 3.63) is 0 Å². The Kier molecular flexibility index (Phi) is 4.59. The Morgan fingerprint density at radius 3 is 2.57 bits per heavy atom. The smallest absolute Gasteiger partial charge is 0.279 e. The Morgan fingerprint density at radius 2 is 2.07 bits per heavy atom. The van der Waals surface area contributed by atoms with Gasteiger partial charge in [-0.2, -0.15) is 17.4 Å². The summed E-state index contributed by atoms with van der Waals surface area (Å²) in [6.45, 7) is 3.45. The molecule has 1 aliphatic heterocycles. The lowest BCUT2D eigenvalue weighted by Crippen LogP contribution is -2.49. The van der Waals surface area contributed by atoms with Crippen LogP contribution in [0.2, 0.25) is 0 Å². The van der Waals surface area contributed by atoms with E-state index in [-0.39, 0.29) is 11.9 Å². The SMILES string of the molecule is CC(CCl)NS(=O)(=O)N1CCOCC1. The minimum absolute atomic E-state index is 0.246. The minimum atomic E-state index is -3.38. The first-order chi connectivity index (χ1) is 6.56. The number of morpholine rings is 1. The van der Waals surface area contributed by atoms with E-state index in [1.807, 2.05) is 0 Å². The van der Waals surface area contributed by atoms with E-state index in [1.165, 1.54) is 4.31 Å². The van der Waals surface area contributed by atoms with Crippen LogP contribution in [0.4, 0.5) is 0 Å². The first-order valence-corrected chi connectivity index (χ1v) is 6.45. The second-order valence-electron chi connectivity index (χ2n) is 3.19. The fourth-order valence-corrected chi connectivity index (χ4v) is 2.69. The van der Waals surface area contributed by atoms with Gasteiger partial charge < -0.3 is 4.74 Å². The van der Waals surface area contributed by atoms with Gasteiger partial charge in [0.2, 0.25) is 0 Å². The average molecular weight is 243 g/mol. The van der Waals surface area contributed by atoms with Gasteiger partial charge in [-0.15, -0.1) is 11.6 Å². The Balaban J connectivity index is 2.54. The largest absolute Gasteiger partial charge is 0.379 e.